The Bertz CT molecular complexity index is 1110. The zero-order valence-corrected chi connectivity index (χ0v) is 21.4. The van der Waals surface area contributed by atoms with Crippen molar-refractivity contribution >= 4 is 49.0 Å². The highest BCUT2D eigenvalue weighted by molar-refractivity contribution is 9.10. The van der Waals surface area contributed by atoms with Gasteiger partial charge < -0.3 is 15.1 Å². The van der Waals surface area contributed by atoms with E-state index in [4.69, 9.17) is 0 Å². The Hall–Kier alpha value is -2.39. The molecule has 0 bridgehead atoms. The molecule has 2 aromatic rings. The first-order valence-electron chi connectivity index (χ1n) is 11.2. The van der Waals surface area contributed by atoms with Crippen LogP contribution in [0.3, 0.4) is 0 Å². The average Bonchev–Trinajstić information content (AvgIpc) is 3.22. The number of nitrogens with one attached hydrogen (secondary N) is 1. The Morgan fingerprint density at radius 2 is 1.88 bits per heavy atom. The second kappa shape index (κ2) is 11.2. The van der Waals surface area contributed by atoms with Crippen LogP contribution in [0.2, 0.25) is 0 Å². The van der Waals surface area contributed by atoms with Crippen LogP contribution in [0.25, 0.3) is 0 Å². The zero-order chi connectivity index (χ0) is 24.0. The number of amides is 2. The minimum absolute atomic E-state index is 0.0320. The van der Waals surface area contributed by atoms with Crippen molar-refractivity contribution in [2.24, 2.45) is 0 Å². The maximum Gasteiger partial charge on any atom is 0.226 e. The third-order valence-electron chi connectivity index (χ3n) is 5.77. The van der Waals surface area contributed by atoms with Gasteiger partial charge in [0.2, 0.25) is 11.8 Å². The lowest BCUT2D eigenvalue weighted by molar-refractivity contribution is -0.120. The number of benzene rings is 2. The molecule has 0 aliphatic carbocycles. The molecule has 0 saturated carbocycles. The van der Waals surface area contributed by atoms with Crippen LogP contribution in [0.1, 0.15) is 32.3 Å². The summed E-state index contributed by atoms with van der Waals surface area (Å²) in [5.74, 6) is -0.633. The Labute approximate surface area is 204 Å². The molecule has 0 saturated heterocycles. The lowest BCUT2D eigenvalue weighted by Crippen LogP contribution is -2.35. The molecule has 0 spiro atoms. The molecule has 3 rings (SSSR count). The van der Waals surface area contributed by atoms with Crippen molar-refractivity contribution in [1.29, 1.82) is 0 Å². The van der Waals surface area contributed by atoms with E-state index in [1.165, 1.54) is 0 Å². The number of likely N-dealkylation sites (N-methyl/N-ethyl adjacent to an activating group) is 1. The standard InChI is InChI=1S/C24H30BrN3O4S/c1-3-24(30)28-13-10-18-16-20(25)22(17-21(18)28)33(31,32)15-11-23(29)26-12-14-27(4-2)19-8-6-5-7-9-19/h5-9,16-17H,3-4,10-15H2,1-2H3,(H,26,29). The fourth-order valence-corrected chi connectivity index (χ4v) is 6.39. The highest BCUT2D eigenvalue weighted by Gasteiger charge is 2.28. The molecule has 0 radical (unpaired) electrons. The first-order valence-corrected chi connectivity index (χ1v) is 13.6. The third-order valence-corrected chi connectivity index (χ3v) is 8.44. The molecule has 1 aliphatic rings. The fraction of sp³-hybridized carbons (Fsp3) is 0.417. The zero-order valence-electron chi connectivity index (χ0n) is 19.0. The van der Waals surface area contributed by atoms with Crippen molar-refractivity contribution in [3.8, 4) is 0 Å². The second-order valence-electron chi connectivity index (χ2n) is 7.89. The number of nitrogens with zero attached hydrogens (tertiary/aromatic N) is 2. The van der Waals surface area contributed by atoms with Crippen molar-refractivity contribution < 1.29 is 18.0 Å². The molecule has 2 amide bonds. The van der Waals surface area contributed by atoms with E-state index in [1.807, 2.05) is 37.3 Å². The quantitative estimate of drug-likeness (QED) is 0.502. The van der Waals surface area contributed by atoms with Crippen molar-refractivity contribution in [3.05, 3.63) is 52.5 Å². The molecule has 0 unspecified atom stereocenters. The van der Waals surface area contributed by atoms with Crippen LogP contribution in [0.15, 0.2) is 51.8 Å². The van der Waals surface area contributed by atoms with Gasteiger partial charge in [0.15, 0.2) is 9.84 Å². The van der Waals surface area contributed by atoms with E-state index in [-0.39, 0.29) is 28.9 Å². The van der Waals surface area contributed by atoms with E-state index in [9.17, 15) is 18.0 Å². The molecule has 33 heavy (non-hydrogen) atoms. The van der Waals surface area contributed by atoms with E-state index in [0.717, 1.165) is 17.8 Å². The topological polar surface area (TPSA) is 86.8 Å². The first kappa shape index (κ1) is 25.2. The predicted octanol–water partition coefficient (Wildman–Crippen LogP) is 3.55. The van der Waals surface area contributed by atoms with Gasteiger partial charge in [0, 0.05) is 54.9 Å². The van der Waals surface area contributed by atoms with Crippen LogP contribution in [0.4, 0.5) is 11.4 Å². The Morgan fingerprint density at radius 3 is 2.55 bits per heavy atom. The molecule has 2 aromatic carbocycles. The fourth-order valence-electron chi connectivity index (χ4n) is 3.94. The summed E-state index contributed by atoms with van der Waals surface area (Å²) in [7, 11) is -3.71. The number of para-hydroxylation sites is 1. The summed E-state index contributed by atoms with van der Waals surface area (Å²) in [6, 6.07) is 13.3. The van der Waals surface area contributed by atoms with Crippen LogP contribution in [-0.2, 0) is 25.8 Å². The third kappa shape index (κ3) is 6.14. The summed E-state index contributed by atoms with van der Waals surface area (Å²) >= 11 is 3.37. The van der Waals surface area contributed by atoms with Gasteiger partial charge in [-0.3, -0.25) is 9.59 Å². The molecular weight excluding hydrogens is 506 g/mol. The maximum absolute atomic E-state index is 13.0. The highest BCUT2D eigenvalue weighted by Crippen LogP contribution is 2.36. The van der Waals surface area contributed by atoms with Crippen molar-refractivity contribution in [3.63, 3.8) is 0 Å². The molecule has 0 atom stereocenters. The summed E-state index contributed by atoms with van der Waals surface area (Å²) in [5.41, 5.74) is 2.67. The second-order valence-corrected chi connectivity index (χ2v) is 10.8. The minimum Gasteiger partial charge on any atom is -0.370 e. The van der Waals surface area contributed by atoms with Gasteiger partial charge in [-0.25, -0.2) is 8.42 Å². The van der Waals surface area contributed by atoms with E-state index in [1.54, 1.807) is 24.0 Å². The summed E-state index contributed by atoms with van der Waals surface area (Å²) < 4.78 is 26.5. The van der Waals surface area contributed by atoms with E-state index >= 15 is 0 Å². The SMILES string of the molecule is CCC(=O)N1CCc2cc(Br)c(S(=O)(=O)CCC(=O)NCCN(CC)c3ccccc3)cc21. The molecule has 1 heterocycles. The summed E-state index contributed by atoms with van der Waals surface area (Å²) in [6.07, 6.45) is 0.929. The maximum atomic E-state index is 13.0. The number of halogens is 1. The molecule has 178 valence electrons. The van der Waals surface area contributed by atoms with Crippen LogP contribution in [0, 0.1) is 0 Å². The van der Waals surface area contributed by atoms with Crippen molar-refractivity contribution in [1.82, 2.24) is 5.32 Å². The molecule has 9 heteroatoms. The van der Waals surface area contributed by atoms with E-state index in [0.29, 0.717) is 42.6 Å². The number of carbonyl (C=O) groups is 2. The van der Waals surface area contributed by atoms with E-state index < -0.39 is 9.84 Å². The van der Waals surface area contributed by atoms with Crippen molar-refractivity contribution in [2.45, 2.75) is 38.0 Å². The number of fused-ring (bicyclic) bond motifs is 1. The highest BCUT2D eigenvalue weighted by atomic mass is 79.9. The normalized spacial score (nSPS) is 13.0. The van der Waals surface area contributed by atoms with Gasteiger partial charge in [-0.05, 0) is 59.1 Å². The number of anilines is 2. The monoisotopic (exact) mass is 535 g/mol. The molecule has 0 fully saturated rings. The van der Waals surface area contributed by atoms with Crippen LogP contribution < -0.4 is 15.1 Å². The number of hydrogen-bond donors (Lipinski definition) is 1. The minimum atomic E-state index is -3.71. The summed E-state index contributed by atoms with van der Waals surface area (Å²) in [4.78, 5) is 28.4. The molecule has 7 nitrogen and oxygen atoms in total. The lowest BCUT2D eigenvalue weighted by Gasteiger charge is -2.23. The Morgan fingerprint density at radius 1 is 1.15 bits per heavy atom. The van der Waals surface area contributed by atoms with Crippen LogP contribution >= 0.6 is 15.9 Å². The first-order chi connectivity index (χ1) is 15.8. The van der Waals surface area contributed by atoms with Gasteiger partial charge in [-0.15, -0.1) is 0 Å². The molecule has 1 aliphatic heterocycles. The molecule has 1 N–H and O–H groups in total. The van der Waals surface area contributed by atoms with E-state index in [2.05, 4.69) is 26.1 Å². The predicted molar refractivity (Wildman–Crippen MR) is 134 cm³/mol. The van der Waals surface area contributed by atoms with Crippen LogP contribution in [-0.4, -0.2) is 52.2 Å². The van der Waals surface area contributed by atoms with Gasteiger partial charge in [0.25, 0.3) is 0 Å². The average molecular weight is 536 g/mol. The molecular formula is C24H30BrN3O4S. The van der Waals surface area contributed by atoms with Gasteiger partial charge in [0.1, 0.15) is 0 Å². The van der Waals surface area contributed by atoms with Crippen molar-refractivity contribution in [2.75, 3.05) is 41.7 Å². The Balaban J connectivity index is 1.59. The lowest BCUT2D eigenvalue weighted by atomic mass is 10.2. The number of rotatable bonds is 10. The number of hydrogen-bond acceptors (Lipinski definition) is 5. The van der Waals surface area contributed by atoms with Crippen LogP contribution in [0.5, 0.6) is 0 Å². The Kier molecular flexibility index (Phi) is 8.53. The molecule has 0 aromatic heterocycles. The van der Waals surface area contributed by atoms with Gasteiger partial charge in [-0.1, -0.05) is 25.1 Å². The van der Waals surface area contributed by atoms with Gasteiger partial charge >= 0.3 is 0 Å². The van der Waals surface area contributed by atoms with Gasteiger partial charge in [-0.2, -0.15) is 0 Å². The summed E-state index contributed by atoms with van der Waals surface area (Å²) in [6.45, 7) is 6.26. The van der Waals surface area contributed by atoms with Gasteiger partial charge in [0.05, 0.1) is 10.6 Å². The number of sulfone groups is 1. The summed E-state index contributed by atoms with van der Waals surface area (Å²) in [5, 5.41) is 2.82. The largest absolute Gasteiger partial charge is 0.370 e. The number of carbonyl (C=O) groups excluding carboxylic acids is 2. The smallest absolute Gasteiger partial charge is 0.226 e.